The third kappa shape index (κ3) is 3.18. The lowest BCUT2D eigenvalue weighted by atomic mass is 10.1. The topological polar surface area (TPSA) is 12.0 Å². The molecule has 0 bridgehead atoms. The van der Waals surface area contributed by atoms with Crippen LogP contribution in [0.5, 0.6) is 0 Å². The first kappa shape index (κ1) is 10.8. The molecule has 1 N–H and O–H groups in total. The highest BCUT2D eigenvalue weighted by atomic mass is 35.5. The minimum atomic E-state index is 0.413. The van der Waals surface area contributed by atoms with Crippen LogP contribution in [0.1, 0.15) is 12.5 Å². The third-order valence-corrected chi connectivity index (χ3v) is 2.63. The summed E-state index contributed by atoms with van der Waals surface area (Å²) in [5.41, 5.74) is 1.09. The maximum absolute atomic E-state index is 6.01. The number of halogens is 2. The third-order valence-electron chi connectivity index (χ3n) is 2.03. The fourth-order valence-electron chi connectivity index (χ4n) is 1.13. The van der Waals surface area contributed by atoms with E-state index in [4.69, 9.17) is 23.2 Å². The predicted molar refractivity (Wildman–Crippen MR) is 58.7 cm³/mol. The Hall–Kier alpha value is -0.240. The number of benzene rings is 1. The zero-order chi connectivity index (χ0) is 9.84. The van der Waals surface area contributed by atoms with E-state index in [-0.39, 0.29) is 0 Å². The highest BCUT2D eigenvalue weighted by molar-refractivity contribution is 6.33. The van der Waals surface area contributed by atoms with Crippen molar-refractivity contribution in [2.75, 3.05) is 7.05 Å². The van der Waals surface area contributed by atoms with Gasteiger partial charge in [0.15, 0.2) is 0 Å². The molecule has 0 aliphatic rings. The van der Waals surface area contributed by atoms with E-state index in [1.54, 1.807) is 6.07 Å². The number of nitrogens with one attached hydrogen (secondary N) is 1. The SMILES string of the molecule is CNC(C)Cc1cc(Cl)ccc1Cl. The molecule has 13 heavy (non-hydrogen) atoms. The van der Waals surface area contributed by atoms with E-state index in [1.165, 1.54) is 0 Å². The van der Waals surface area contributed by atoms with Gasteiger partial charge in [-0.05, 0) is 44.2 Å². The first-order valence-corrected chi connectivity index (χ1v) is 5.00. The lowest BCUT2D eigenvalue weighted by molar-refractivity contribution is 0.608. The van der Waals surface area contributed by atoms with E-state index in [0.717, 1.165) is 22.0 Å². The van der Waals surface area contributed by atoms with Crippen molar-refractivity contribution in [2.45, 2.75) is 19.4 Å². The summed E-state index contributed by atoms with van der Waals surface area (Å²) in [6.07, 6.45) is 0.899. The van der Waals surface area contributed by atoms with Gasteiger partial charge in [-0.2, -0.15) is 0 Å². The lowest BCUT2D eigenvalue weighted by Crippen LogP contribution is -2.23. The van der Waals surface area contributed by atoms with Gasteiger partial charge < -0.3 is 5.32 Å². The molecule has 72 valence electrons. The molecule has 1 aromatic rings. The smallest absolute Gasteiger partial charge is 0.0439 e. The van der Waals surface area contributed by atoms with Crippen LogP contribution in [0.4, 0.5) is 0 Å². The van der Waals surface area contributed by atoms with Crippen molar-refractivity contribution in [3.8, 4) is 0 Å². The van der Waals surface area contributed by atoms with Crippen molar-refractivity contribution in [3.05, 3.63) is 33.8 Å². The number of likely N-dealkylation sites (N-methyl/N-ethyl adjacent to an activating group) is 1. The van der Waals surface area contributed by atoms with Gasteiger partial charge in [0.2, 0.25) is 0 Å². The molecular formula is C10H13Cl2N. The van der Waals surface area contributed by atoms with Gasteiger partial charge in [0.05, 0.1) is 0 Å². The van der Waals surface area contributed by atoms with Crippen molar-refractivity contribution in [1.29, 1.82) is 0 Å². The van der Waals surface area contributed by atoms with Crippen LogP contribution in [0.2, 0.25) is 10.0 Å². The molecule has 0 saturated carbocycles. The minimum Gasteiger partial charge on any atom is -0.317 e. The first-order valence-electron chi connectivity index (χ1n) is 4.24. The Morgan fingerprint density at radius 3 is 2.69 bits per heavy atom. The first-order chi connectivity index (χ1) is 6.13. The molecule has 0 radical (unpaired) electrons. The fourth-order valence-corrected chi connectivity index (χ4v) is 1.52. The van der Waals surface area contributed by atoms with Crippen LogP contribution < -0.4 is 5.32 Å². The number of hydrogen-bond donors (Lipinski definition) is 1. The van der Waals surface area contributed by atoms with Crippen LogP contribution in [-0.4, -0.2) is 13.1 Å². The van der Waals surface area contributed by atoms with Crippen molar-refractivity contribution >= 4 is 23.2 Å². The Morgan fingerprint density at radius 2 is 2.08 bits per heavy atom. The normalized spacial score (nSPS) is 12.9. The molecule has 3 heteroatoms. The molecule has 1 atom stereocenters. The highest BCUT2D eigenvalue weighted by Crippen LogP contribution is 2.21. The van der Waals surface area contributed by atoms with Gasteiger partial charge in [-0.25, -0.2) is 0 Å². The Bertz CT molecular complexity index is 286. The molecule has 0 saturated heterocycles. The van der Waals surface area contributed by atoms with Gasteiger partial charge in [0.25, 0.3) is 0 Å². The Balaban J connectivity index is 2.81. The second kappa shape index (κ2) is 4.85. The molecule has 1 unspecified atom stereocenters. The molecule has 0 aliphatic heterocycles. The number of rotatable bonds is 3. The van der Waals surface area contributed by atoms with E-state index in [2.05, 4.69) is 12.2 Å². The van der Waals surface area contributed by atoms with Gasteiger partial charge in [-0.3, -0.25) is 0 Å². The molecule has 0 aliphatic carbocycles. The molecular weight excluding hydrogens is 205 g/mol. The molecule has 0 amide bonds. The zero-order valence-corrected chi connectivity index (χ0v) is 9.28. The summed E-state index contributed by atoms with van der Waals surface area (Å²) in [5.74, 6) is 0. The summed E-state index contributed by atoms with van der Waals surface area (Å²) in [5, 5.41) is 4.68. The maximum Gasteiger partial charge on any atom is 0.0439 e. The van der Waals surface area contributed by atoms with Crippen LogP contribution in [-0.2, 0) is 6.42 Å². The lowest BCUT2D eigenvalue weighted by Gasteiger charge is -2.11. The summed E-state index contributed by atoms with van der Waals surface area (Å²) in [6.45, 7) is 2.11. The summed E-state index contributed by atoms with van der Waals surface area (Å²) in [7, 11) is 1.93. The Kier molecular flexibility index (Phi) is 4.04. The van der Waals surface area contributed by atoms with Crippen molar-refractivity contribution < 1.29 is 0 Å². The van der Waals surface area contributed by atoms with Crippen LogP contribution in [0.25, 0.3) is 0 Å². The Morgan fingerprint density at radius 1 is 1.38 bits per heavy atom. The second-order valence-electron chi connectivity index (χ2n) is 3.13. The molecule has 0 heterocycles. The van der Waals surface area contributed by atoms with E-state index in [1.807, 2.05) is 19.2 Å². The molecule has 1 rings (SSSR count). The van der Waals surface area contributed by atoms with Gasteiger partial charge in [0.1, 0.15) is 0 Å². The quantitative estimate of drug-likeness (QED) is 0.821. The van der Waals surface area contributed by atoms with Gasteiger partial charge in [-0.1, -0.05) is 23.2 Å². The van der Waals surface area contributed by atoms with E-state index < -0.39 is 0 Å². The fraction of sp³-hybridized carbons (Fsp3) is 0.400. The zero-order valence-electron chi connectivity index (χ0n) is 7.77. The molecule has 1 aromatic carbocycles. The summed E-state index contributed by atoms with van der Waals surface area (Å²) < 4.78 is 0. The van der Waals surface area contributed by atoms with Crippen LogP contribution >= 0.6 is 23.2 Å². The highest BCUT2D eigenvalue weighted by Gasteiger charge is 2.05. The van der Waals surface area contributed by atoms with Gasteiger partial charge in [-0.15, -0.1) is 0 Å². The molecule has 0 aromatic heterocycles. The summed E-state index contributed by atoms with van der Waals surface area (Å²) in [4.78, 5) is 0. The van der Waals surface area contributed by atoms with E-state index >= 15 is 0 Å². The van der Waals surface area contributed by atoms with Crippen LogP contribution in [0.15, 0.2) is 18.2 Å². The van der Waals surface area contributed by atoms with E-state index in [0.29, 0.717) is 6.04 Å². The number of hydrogen-bond acceptors (Lipinski definition) is 1. The molecule has 1 nitrogen and oxygen atoms in total. The summed E-state index contributed by atoms with van der Waals surface area (Å²) >= 11 is 11.9. The monoisotopic (exact) mass is 217 g/mol. The summed E-state index contributed by atoms with van der Waals surface area (Å²) in [6, 6.07) is 5.97. The Labute approximate surface area is 89.0 Å². The van der Waals surface area contributed by atoms with Crippen molar-refractivity contribution in [1.82, 2.24) is 5.32 Å². The van der Waals surface area contributed by atoms with E-state index in [9.17, 15) is 0 Å². The van der Waals surface area contributed by atoms with Gasteiger partial charge >= 0.3 is 0 Å². The van der Waals surface area contributed by atoms with Crippen molar-refractivity contribution in [3.63, 3.8) is 0 Å². The second-order valence-corrected chi connectivity index (χ2v) is 3.97. The average Bonchev–Trinajstić information content (AvgIpc) is 2.11. The maximum atomic E-state index is 6.01. The van der Waals surface area contributed by atoms with Crippen molar-refractivity contribution in [2.24, 2.45) is 0 Å². The minimum absolute atomic E-state index is 0.413. The molecule has 0 fully saturated rings. The van der Waals surface area contributed by atoms with Crippen LogP contribution in [0.3, 0.4) is 0 Å². The largest absolute Gasteiger partial charge is 0.317 e. The van der Waals surface area contributed by atoms with Gasteiger partial charge in [0, 0.05) is 16.1 Å². The molecule has 0 spiro atoms. The standard InChI is InChI=1S/C10H13Cl2N/c1-7(13-2)5-8-6-9(11)3-4-10(8)12/h3-4,6-7,13H,5H2,1-2H3. The average molecular weight is 218 g/mol. The van der Waals surface area contributed by atoms with Crippen LogP contribution in [0, 0.1) is 0 Å². The predicted octanol–water partition coefficient (Wildman–Crippen LogP) is 3.14.